The quantitative estimate of drug-likeness (QED) is 0.682. The van der Waals surface area contributed by atoms with Crippen molar-refractivity contribution < 1.29 is 0 Å². The summed E-state index contributed by atoms with van der Waals surface area (Å²) < 4.78 is 0. The SMILES string of the molecule is CC(C)(C)C1CCCC(C2(N)CC2)C1. The summed E-state index contributed by atoms with van der Waals surface area (Å²) >= 11 is 0. The van der Waals surface area contributed by atoms with Gasteiger partial charge >= 0.3 is 0 Å². The summed E-state index contributed by atoms with van der Waals surface area (Å²) in [7, 11) is 0. The molecule has 2 aliphatic carbocycles. The molecule has 0 amide bonds. The third kappa shape index (κ3) is 1.98. The molecule has 2 rings (SSSR count). The van der Waals surface area contributed by atoms with Gasteiger partial charge in [-0.3, -0.25) is 0 Å². The predicted octanol–water partition coefficient (Wildman–Crippen LogP) is 3.33. The summed E-state index contributed by atoms with van der Waals surface area (Å²) in [5.74, 6) is 1.74. The Hall–Kier alpha value is -0.0400. The van der Waals surface area contributed by atoms with E-state index in [-0.39, 0.29) is 5.54 Å². The molecule has 0 bridgehead atoms. The molecule has 0 spiro atoms. The number of hydrogen-bond donors (Lipinski definition) is 1. The van der Waals surface area contributed by atoms with Crippen LogP contribution in [0.4, 0.5) is 0 Å². The first kappa shape index (κ1) is 10.5. The minimum atomic E-state index is 0.268. The Kier molecular flexibility index (Phi) is 2.42. The zero-order valence-corrected chi connectivity index (χ0v) is 9.97. The van der Waals surface area contributed by atoms with Crippen molar-refractivity contribution in [2.75, 3.05) is 0 Å². The van der Waals surface area contributed by atoms with Gasteiger partial charge in [-0.2, -0.15) is 0 Å². The van der Waals surface area contributed by atoms with Gasteiger partial charge in [0.25, 0.3) is 0 Å². The second-order valence-electron chi connectivity index (χ2n) is 6.66. The van der Waals surface area contributed by atoms with Crippen molar-refractivity contribution in [1.82, 2.24) is 0 Å². The Bertz CT molecular complexity index is 199. The van der Waals surface area contributed by atoms with Crippen molar-refractivity contribution in [2.24, 2.45) is 23.0 Å². The number of rotatable bonds is 1. The van der Waals surface area contributed by atoms with Gasteiger partial charge in [0, 0.05) is 5.54 Å². The van der Waals surface area contributed by atoms with Crippen molar-refractivity contribution in [1.29, 1.82) is 0 Å². The van der Waals surface area contributed by atoms with Crippen LogP contribution in [0.5, 0.6) is 0 Å². The zero-order valence-electron chi connectivity index (χ0n) is 9.97. The second kappa shape index (κ2) is 3.23. The molecule has 0 saturated heterocycles. The number of nitrogens with two attached hydrogens (primary N) is 1. The molecule has 2 aliphatic rings. The van der Waals surface area contributed by atoms with Crippen LogP contribution in [0.3, 0.4) is 0 Å². The summed E-state index contributed by atoms with van der Waals surface area (Å²) in [4.78, 5) is 0. The molecule has 2 saturated carbocycles. The molecule has 2 atom stereocenters. The maximum absolute atomic E-state index is 6.33. The molecule has 2 unspecified atom stereocenters. The first-order valence-corrected chi connectivity index (χ1v) is 6.21. The molecule has 0 aromatic heterocycles. The zero-order chi connectivity index (χ0) is 10.4. The highest BCUT2D eigenvalue weighted by atomic mass is 14.8. The van der Waals surface area contributed by atoms with E-state index < -0.39 is 0 Å². The Morgan fingerprint density at radius 2 is 1.79 bits per heavy atom. The van der Waals surface area contributed by atoms with Crippen LogP contribution in [-0.4, -0.2) is 5.54 Å². The molecule has 14 heavy (non-hydrogen) atoms. The third-order valence-corrected chi connectivity index (χ3v) is 4.54. The molecule has 0 aromatic rings. The molecular weight excluding hydrogens is 170 g/mol. The molecule has 0 heterocycles. The fourth-order valence-electron chi connectivity index (χ4n) is 3.05. The van der Waals surface area contributed by atoms with Crippen LogP contribution in [0.15, 0.2) is 0 Å². The largest absolute Gasteiger partial charge is 0.325 e. The molecule has 1 nitrogen and oxygen atoms in total. The fourth-order valence-corrected chi connectivity index (χ4v) is 3.05. The lowest BCUT2D eigenvalue weighted by molar-refractivity contribution is 0.124. The molecule has 82 valence electrons. The topological polar surface area (TPSA) is 26.0 Å². The summed E-state index contributed by atoms with van der Waals surface area (Å²) in [6, 6.07) is 0. The first-order valence-electron chi connectivity index (χ1n) is 6.21. The van der Waals surface area contributed by atoms with Crippen LogP contribution < -0.4 is 5.73 Å². The van der Waals surface area contributed by atoms with Gasteiger partial charge in [0.15, 0.2) is 0 Å². The summed E-state index contributed by atoms with van der Waals surface area (Å²) in [6.07, 6.45) is 8.19. The summed E-state index contributed by atoms with van der Waals surface area (Å²) in [5.41, 5.74) is 7.08. The Balaban J connectivity index is 1.97. The van der Waals surface area contributed by atoms with Gasteiger partial charge in [-0.1, -0.05) is 27.2 Å². The van der Waals surface area contributed by atoms with Crippen LogP contribution in [0.1, 0.15) is 59.3 Å². The van der Waals surface area contributed by atoms with Crippen LogP contribution in [0, 0.1) is 17.3 Å². The van der Waals surface area contributed by atoms with Gasteiger partial charge in [0.1, 0.15) is 0 Å². The molecule has 1 heteroatoms. The third-order valence-electron chi connectivity index (χ3n) is 4.54. The van der Waals surface area contributed by atoms with Gasteiger partial charge in [0.2, 0.25) is 0 Å². The van der Waals surface area contributed by atoms with E-state index in [4.69, 9.17) is 5.73 Å². The standard InChI is InChI=1S/C13H25N/c1-12(2,3)10-5-4-6-11(9-10)13(14)7-8-13/h10-11H,4-9,14H2,1-3H3. The Morgan fingerprint density at radius 1 is 1.14 bits per heavy atom. The van der Waals surface area contributed by atoms with E-state index >= 15 is 0 Å². The van der Waals surface area contributed by atoms with Gasteiger partial charge in [0.05, 0.1) is 0 Å². The lowest BCUT2D eigenvalue weighted by Gasteiger charge is -2.39. The molecule has 0 aromatic carbocycles. The average Bonchev–Trinajstić information content (AvgIpc) is 2.84. The highest BCUT2D eigenvalue weighted by Crippen LogP contribution is 2.50. The molecule has 0 radical (unpaired) electrons. The summed E-state index contributed by atoms with van der Waals surface area (Å²) in [5, 5.41) is 0. The van der Waals surface area contributed by atoms with Gasteiger partial charge < -0.3 is 5.73 Å². The Morgan fingerprint density at radius 3 is 2.29 bits per heavy atom. The van der Waals surface area contributed by atoms with Crippen molar-refractivity contribution in [3.05, 3.63) is 0 Å². The van der Waals surface area contributed by atoms with E-state index in [0.29, 0.717) is 5.41 Å². The van der Waals surface area contributed by atoms with Crippen molar-refractivity contribution in [3.8, 4) is 0 Å². The monoisotopic (exact) mass is 195 g/mol. The molecule has 2 fully saturated rings. The maximum Gasteiger partial charge on any atom is 0.0184 e. The average molecular weight is 195 g/mol. The van der Waals surface area contributed by atoms with Crippen molar-refractivity contribution in [2.45, 2.75) is 64.8 Å². The van der Waals surface area contributed by atoms with Crippen LogP contribution in [-0.2, 0) is 0 Å². The van der Waals surface area contributed by atoms with E-state index in [1.165, 1.54) is 38.5 Å². The maximum atomic E-state index is 6.33. The Labute approximate surface area is 88.4 Å². The smallest absolute Gasteiger partial charge is 0.0184 e. The van der Waals surface area contributed by atoms with Crippen LogP contribution in [0.25, 0.3) is 0 Å². The lowest BCUT2D eigenvalue weighted by Crippen LogP contribution is -2.38. The van der Waals surface area contributed by atoms with Crippen LogP contribution in [0.2, 0.25) is 0 Å². The van der Waals surface area contributed by atoms with E-state index in [1.54, 1.807) is 0 Å². The molecular formula is C13H25N. The van der Waals surface area contributed by atoms with Crippen molar-refractivity contribution >= 4 is 0 Å². The van der Waals surface area contributed by atoms with E-state index in [0.717, 1.165) is 11.8 Å². The van der Waals surface area contributed by atoms with E-state index in [2.05, 4.69) is 20.8 Å². The van der Waals surface area contributed by atoms with Crippen molar-refractivity contribution in [3.63, 3.8) is 0 Å². The fraction of sp³-hybridized carbons (Fsp3) is 1.00. The predicted molar refractivity (Wildman–Crippen MR) is 61.1 cm³/mol. The molecule has 2 N–H and O–H groups in total. The first-order chi connectivity index (χ1) is 6.42. The second-order valence-corrected chi connectivity index (χ2v) is 6.66. The lowest BCUT2D eigenvalue weighted by atomic mass is 9.67. The van der Waals surface area contributed by atoms with Gasteiger partial charge in [-0.25, -0.2) is 0 Å². The van der Waals surface area contributed by atoms with Gasteiger partial charge in [-0.05, 0) is 49.4 Å². The van der Waals surface area contributed by atoms with Gasteiger partial charge in [-0.15, -0.1) is 0 Å². The number of hydrogen-bond acceptors (Lipinski definition) is 1. The minimum absolute atomic E-state index is 0.268. The highest BCUT2D eigenvalue weighted by molar-refractivity contribution is 5.05. The molecule has 0 aliphatic heterocycles. The minimum Gasteiger partial charge on any atom is -0.325 e. The summed E-state index contributed by atoms with van der Waals surface area (Å²) in [6.45, 7) is 7.16. The highest BCUT2D eigenvalue weighted by Gasteiger charge is 2.47. The van der Waals surface area contributed by atoms with E-state index in [1.807, 2.05) is 0 Å². The van der Waals surface area contributed by atoms with E-state index in [9.17, 15) is 0 Å². The van der Waals surface area contributed by atoms with Crippen LogP contribution >= 0.6 is 0 Å². The normalized spacial score (nSPS) is 36.9.